The molecule has 1 N–H and O–H groups in total. The van der Waals surface area contributed by atoms with Crippen molar-refractivity contribution < 1.29 is 9.90 Å². The maximum Gasteiger partial charge on any atom is 0.300 e. The monoisotopic (exact) mass is 313 g/mol. The summed E-state index contributed by atoms with van der Waals surface area (Å²) < 4.78 is 0. The lowest BCUT2D eigenvalue weighted by atomic mass is 9.84. The highest BCUT2D eigenvalue weighted by Gasteiger charge is 2.21. The maximum absolute atomic E-state index is 9.00. The lowest BCUT2D eigenvalue weighted by Gasteiger charge is -2.23. The van der Waals surface area contributed by atoms with Gasteiger partial charge in [-0.3, -0.25) is 4.79 Å². The second-order valence-electron chi connectivity index (χ2n) is 4.32. The fourth-order valence-corrected chi connectivity index (χ4v) is 3.21. The van der Waals surface area contributed by atoms with E-state index in [-0.39, 0.29) is 0 Å². The minimum absolute atomic E-state index is 0.597. The molecule has 1 fully saturated rings. The Morgan fingerprint density at radius 3 is 2.50 bits per heavy atom. The molecule has 1 aliphatic carbocycles. The van der Waals surface area contributed by atoms with Gasteiger partial charge in [-0.2, -0.15) is 0 Å². The Labute approximate surface area is 128 Å². The molecule has 2 aromatic rings. The molecule has 0 spiro atoms. The average molecular weight is 314 g/mol. The van der Waals surface area contributed by atoms with Crippen LogP contribution in [0.5, 0.6) is 0 Å². The van der Waals surface area contributed by atoms with Gasteiger partial charge in [0.2, 0.25) is 0 Å². The molecule has 0 saturated heterocycles. The number of nitrogens with zero attached hydrogens (tertiary/aromatic N) is 1. The number of pyridine rings is 1. The van der Waals surface area contributed by atoms with E-state index in [2.05, 4.69) is 17.1 Å². The Morgan fingerprint density at radius 2 is 2.00 bits per heavy atom. The van der Waals surface area contributed by atoms with E-state index in [1.54, 1.807) is 11.3 Å². The summed E-state index contributed by atoms with van der Waals surface area (Å²) in [6, 6.07) is 6.19. The minimum atomic E-state index is -0.833. The normalized spacial score (nSPS) is 13.6. The van der Waals surface area contributed by atoms with Gasteiger partial charge in [-0.1, -0.05) is 31.9 Å². The molecule has 0 atom stereocenters. The number of fused-ring (bicyclic) bond motifs is 1. The van der Waals surface area contributed by atoms with E-state index in [1.807, 2.05) is 19.9 Å². The zero-order valence-electron chi connectivity index (χ0n) is 12.0. The number of carboxylic acids is 1. The highest BCUT2D eigenvalue weighted by atomic mass is 35.5. The third kappa shape index (κ3) is 4.76. The Bertz CT molecular complexity index is 560. The molecule has 3 rings (SSSR count). The van der Waals surface area contributed by atoms with Crippen LogP contribution in [0.4, 0.5) is 0 Å². The molecular weight excluding hydrogens is 294 g/mol. The van der Waals surface area contributed by atoms with Crippen LogP contribution in [0.25, 0.3) is 10.2 Å². The molecule has 0 radical (unpaired) electrons. The molecule has 2 heterocycles. The number of carboxylic acid groups (broad SMARTS) is 1. The van der Waals surface area contributed by atoms with Crippen LogP contribution in [0.1, 0.15) is 50.8 Å². The van der Waals surface area contributed by atoms with Gasteiger partial charge in [-0.05, 0) is 37.0 Å². The third-order valence-corrected chi connectivity index (χ3v) is 4.29. The first-order chi connectivity index (χ1) is 9.56. The van der Waals surface area contributed by atoms with Crippen molar-refractivity contribution in [3.63, 3.8) is 0 Å². The van der Waals surface area contributed by atoms with Crippen molar-refractivity contribution >= 4 is 39.1 Å². The number of aromatic nitrogens is 1. The molecule has 110 valence electrons. The van der Waals surface area contributed by atoms with Gasteiger partial charge in [-0.15, -0.1) is 11.3 Å². The van der Waals surface area contributed by atoms with E-state index in [9.17, 15) is 0 Å². The summed E-state index contributed by atoms with van der Waals surface area (Å²) in [5.41, 5.74) is 0. The van der Waals surface area contributed by atoms with Gasteiger partial charge in [0.1, 0.15) is 9.98 Å². The summed E-state index contributed by atoms with van der Waals surface area (Å²) >= 11 is 7.65. The zero-order valence-corrected chi connectivity index (χ0v) is 13.6. The highest BCUT2D eigenvalue weighted by Crippen LogP contribution is 2.41. The van der Waals surface area contributed by atoms with Gasteiger partial charge < -0.3 is 5.11 Å². The Balaban J connectivity index is 0.000000291. The van der Waals surface area contributed by atoms with Crippen LogP contribution < -0.4 is 0 Å². The Kier molecular flexibility index (Phi) is 6.96. The van der Waals surface area contributed by atoms with Crippen LogP contribution in [-0.2, 0) is 4.79 Å². The first kappa shape index (κ1) is 16.9. The minimum Gasteiger partial charge on any atom is -0.481 e. The second-order valence-corrected chi connectivity index (χ2v) is 5.77. The van der Waals surface area contributed by atoms with Crippen molar-refractivity contribution in [3.8, 4) is 0 Å². The summed E-state index contributed by atoms with van der Waals surface area (Å²) in [5.74, 6) is -0.0343. The Morgan fingerprint density at radius 1 is 1.40 bits per heavy atom. The van der Waals surface area contributed by atoms with Gasteiger partial charge in [0.25, 0.3) is 5.97 Å². The van der Waals surface area contributed by atoms with Gasteiger partial charge in [-0.25, -0.2) is 4.98 Å². The number of hydrogen-bond acceptors (Lipinski definition) is 3. The molecule has 0 bridgehead atoms. The number of hydrogen-bond donors (Lipinski definition) is 1. The SMILES string of the molecule is CC.CC(=O)O.Clc1ccc2cc(C3CCC3)sc2n1. The van der Waals surface area contributed by atoms with E-state index in [4.69, 9.17) is 21.5 Å². The van der Waals surface area contributed by atoms with Crippen LogP contribution in [0, 0.1) is 0 Å². The van der Waals surface area contributed by atoms with Crippen molar-refractivity contribution in [2.45, 2.75) is 46.0 Å². The second kappa shape index (κ2) is 8.22. The van der Waals surface area contributed by atoms with Crippen LogP contribution in [0.15, 0.2) is 18.2 Å². The number of rotatable bonds is 1. The summed E-state index contributed by atoms with van der Waals surface area (Å²) in [4.78, 5) is 15.9. The number of thiophene rings is 1. The molecule has 0 aliphatic heterocycles. The molecule has 20 heavy (non-hydrogen) atoms. The van der Waals surface area contributed by atoms with E-state index >= 15 is 0 Å². The summed E-state index contributed by atoms with van der Waals surface area (Å²) in [5, 5.41) is 9.25. The van der Waals surface area contributed by atoms with Crippen LogP contribution in [-0.4, -0.2) is 16.1 Å². The number of aliphatic carboxylic acids is 1. The molecule has 3 nitrogen and oxygen atoms in total. The van der Waals surface area contributed by atoms with Crippen molar-refractivity contribution in [3.05, 3.63) is 28.2 Å². The standard InChI is InChI=1S/C11H10ClNS.C2H4O2.C2H6/c12-10-5-4-8-6-9(7-2-1-3-7)14-11(8)13-10;1-2(3)4;1-2/h4-7H,1-3H2;1H3,(H,3,4);1-2H3. The van der Waals surface area contributed by atoms with Crippen molar-refractivity contribution in [2.75, 3.05) is 0 Å². The molecule has 5 heteroatoms. The van der Waals surface area contributed by atoms with Crippen molar-refractivity contribution in [1.29, 1.82) is 0 Å². The highest BCUT2D eigenvalue weighted by molar-refractivity contribution is 7.18. The van der Waals surface area contributed by atoms with E-state index in [1.165, 1.54) is 29.5 Å². The van der Waals surface area contributed by atoms with E-state index < -0.39 is 5.97 Å². The smallest absolute Gasteiger partial charge is 0.300 e. The third-order valence-electron chi connectivity index (χ3n) is 2.88. The predicted molar refractivity (Wildman–Crippen MR) is 85.9 cm³/mol. The van der Waals surface area contributed by atoms with E-state index in [0.29, 0.717) is 5.15 Å². The molecule has 0 amide bonds. The quantitative estimate of drug-likeness (QED) is 0.723. The molecule has 1 aliphatic rings. The van der Waals surface area contributed by atoms with Crippen LogP contribution >= 0.6 is 22.9 Å². The molecule has 1 saturated carbocycles. The van der Waals surface area contributed by atoms with Crippen LogP contribution in [0.3, 0.4) is 0 Å². The molecule has 0 unspecified atom stereocenters. The molecule has 0 aromatic carbocycles. The summed E-state index contributed by atoms with van der Waals surface area (Å²) in [7, 11) is 0. The van der Waals surface area contributed by atoms with Gasteiger partial charge in [0.15, 0.2) is 0 Å². The molecule has 2 aromatic heterocycles. The summed E-state index contributed by atoms with van der Waals surface area (Å²) in [6.45, 7) is 5.08. The lowest BCUT2D eigenvalue weighted by molar-refractivity contribution is -0.134. The first-order valence-electron chi connectivity index (χ1n) is 6.82. The zero-order chi connectivity index (χ0) is 15.1. The maximum atomic E-state index is 9.00. The molecular formula is C15H20ClNO2S. The summed E-state index contributed by atoms with van der Waals surface area (Å²) in [6.07, 6.45) is 4.08. The van der Waals surface area contributed by atoms with Gasteiger partial charge in [0, 0.05) is 17.2 Å². The van der Waals surface area contributed by atoms with Crippen LogP contribution in [0.2, 0.25) is 5.15 Å². The fourth-order valence-electron chi connectivity index (χ4n) is 1.81. The number of halogens is 1. The van der Waals surface area contributed by atoms with Crippen molar-refractivity contribution in [2.24, 2.45) is 0 Å². The number of carbonyl (C=O) groups is 1. The fraction of sp³-hybridized carbons (Fsp3) is 0.467. The lowest BCUT2D eigenvalue weighted by Crippen LogP contribution is -2.06. The average Bonchev–Trinajstić information content (AvgIpc) is 2.70. The first-order valence-corrected chi connectivity index (χ1v) is 8.01. The largest absolute Gasteiger partial charge is 0.481 e. The van der Waals surface area contributed by atoms with Crippen molar-refractivity contribution in [1.82, 2.24) is 4.98 Å². The topological polar surface area (TPSA) is 50.2 Å². The van der Waals surface area contributed by atoms with Gasteiger partial charge in [0.05, 0.1) is 0 Å². The van der Waals surface area contributed by atoms with Gasteiger partial charge >= 0.3 is 0 Å². The van der Waals surface area contributed by atoms with E-state index in [0.717, 1.165) is 17.7 Å². The predicted octanol–water partition coefficient (Wildman–Crippen LogP) is 5.33. The Hall–Kier alpha value is -1.13.